The van der Waals surface area contributed by atoms with Crippen LogP contribution < -0.4 is 0 Å². The molecule has 0 aliphatic heterocycles. The molecular formula is C5H10Cl2Hg2O2. The molecule has 11 heavy (non-hydrogen) atoms. The van der Waals surface area contributed by atoms with Crippen molar-refractivity contribution in [3.05, 3.63) is 0 Å². The van der Waals surface area contributed by atoms with Crippen molar-refractivity contribution < 1.29 is 56.9 Å². The molecular weight excluding hydrogens is 564 g/mol. The number of halogens is 2. The topological polar surface area (TPSA) is 40.5 Å². The molecule has 0 rings (SSSR count). The van der Waals surface area contributed by atoms with Gasteiger partial charge in [-0.15, -0.1) is 0 Å². The Bertz CT molecular complexity index is 113. The third-order valence-corrected chi connectivity index (χ3v) is 12.9. The van der Waals surface area contributed by atoms with E-state index in [9.17, 15) is 10.2 Å². The summed E-state index contributed by atoms with van der Waals surface area (Å²) in [6, 6.07) is 0. The quantitative estimate of drug-likeness (QED) is 0.489. The van der Waals surface area contributed by atoms with Gasteiger partial charge in [-0.2, -0.15) is 0 Å². The third-order valence-electron chi connectivity index (χ3n) is 1.70. The molecule has 2 atom stereocenters. The van der Waals surface area contributed by atoms with Crippen molar-refractivity contribution in [2.45, 2.75) is 26.5 Å². The van der Waals surface area contributed by atoms with Gasteiger partial charge >= 0.3 is 99.9 Å². The van der Waals surface area contributed by atoms with Gasteiger partial charge in [0, 0.05) is 0 Å². The summed E-state index contributed by atoms with van der Waals surface area (Å²) >= 11 is -2.67. The van der Waals surface area contributed by atoms with Crippen LogP contribution in [0.25, 0.3) is 0 Å². The van der Waals surface area contributed by atoms with Gasteiger partial charge in [-0.3, -0.25) is 0 Å². The predicted octanol–water partition coefficient (Wildman–Crippen LogP) is 1.41. The van der Waals surface area contributed by atoms with E-state index in [4.69, 9.17) is 16.5 Å². The Balaban J connectivity index is 3.83. The van der Waals surface area contributed by atoms with E-state index in [1.807, 2.05) is 0 Å². The predicted molar refractivity (Wildman–Crippen MR) is 38.0 cm³/mol. The summed E-state index contributed by atoms with van der Waals surface area (Å²) in [5.41, 5.74) is -0.946. The summed E-state index contributed by atoms with van der Waals surface area (Å²) in [4.78, 5) is 0. The Morgan fingerprint density at radius 2 is 2.00 bits per heavy atom. The van der Waals surface area contributed by atoms with E-state index in [-0.39, 0.29) is 0 Å². The van der Waals surface area contributed by atoms with Gasteiger partial charge < -0.3 is 0 Å². The van der Waals surface area contributed by atoms with Crippen LogP contribution in [0.15, 0.2) is 0 Å². The molecule has 0 bridgehead atoms. The van der Waals surface area contributed by atoms with E-state index >= 15 is 0 Å². The molecule has 60 valence electrons. The molecule has 0 saturated heterocycles. The number of aliphatic hydroxyl groups is 2. The SMILES string of the molecule is CC(O)([CH2][Hg][Cl])C(O)[CH2][Hg][Cl]. The standard InChI is InChI=1S/C5H10O2.2ClH.2Hg/c1-4(6)5(2,3)7;;;;/h4,6-7H,1-2H2,3H3;2*1H;;/q;;;2*+1/p-2. The molecule has 0 aromatic rings. The monoisotopic (exact) mass is 576 g/mol. The van der Waals surface area contributed by atoms with E-state index in [0.717, 1.165) is 0 Å². The molecule has 0 fully saturated rings. The maximum atomic E-state index is 9.61. The number of hydrogen-bond donors (Lipinski definition) is 2. The van der Waals surface area contributed by atoms with Crippen molar-refractivity contribution in [3.63, 3.8) is 0 Å². The summed E-state index contributed by atoms with van der Waals surface area (Å²) in [5.74, 6) is 0. The van der Waals surface area contributed by atoms with Crippen LogP contribution in [0.5, 0.6) is 0 Å². The molecule has 2 N–H and O–H groups in total. The fraction of sp³-hybridized carbons (Fsp3) is 1.00. The van der Waals surface area contributed by atoms with Crippen molar-refractivity contribution in [2.75, 3.05) is 0 Å². The first kappa shape index (κ1) is 13.4. The Hall–Kier alpha value is 2.37. The first-order valence-electron chi connectivity index (χ1n) is 3.57. The maximum absolute atomic E-state index is 9.61. The molecule has 2 unspecified atom stereocenters. The zero-order chi connectivity index (χ0) is 8.91. The van der Waals surface area contributed by atoms with Crippen LogP contribution in [0.2, 0.25) is 7.86 Å². The summed E-state index contributed by atoms with van der Waals surface area (Å²) in [5, 5.41) is 19.0. The van der Waals surface area contributed by atoms with Crippen molar-refractivity contribution >= 4 is 16.5 Å². The van der Waals surface area contributed by atoms with Crippen molar-refractivity contribution in [1.29, 1.82) is 0 Å². The number of hydrogen-bond acceptors (Lipinski definition) is 2. The Morgan fingerprint density at radius 3 is 2.36 bits per heavy atom. The molecule has 0 heterocycles. The van der Waals surface area contributed by atoms with Gasteiger partial charge in [0.05, 0.1) is 0 Å². The second-order valence-electron chi connectivity index (χ2n) is 2.79. The van der Waals surface area contributed by atoms with Gasteiger partial charge in [-0.05, 0) is 0 Å². The van der Waals surface area contributed by atoms with Crippen LogP contribution in [-0.4, -0.2) is 21.9 Å². The molecule has 2 nitrogen and oxygen atoms in total. The molecule has 0 radical (unpaired) electrons. The van der Waals surface area contributed by atoms with Crippen LogP contribution >= 0.6 is 16.5 Å². The first-order valence-corrected chi connectivity index (χ1v) is 24.9. The fourth-order valence-electron chi connectivity index (χ4n) is 0.772. The average molecular weight is 574 g/mol. The third kappa shape index (κ3) is 5.63. The van der Waals surface area contributed by atoms with Crippen molar-refractivity contribution in [3.8, 4) is 0 Å². The molecule has 0 aliphatic carbocycles. The van der Waals surface area contributed by atoms with Crippen molar-refractivity contribution in [1.82, 2.24) is 0 Å². The summed E-state index contributed by atoms with van der Waals surface area (Å²) in [6.07, 6.45) is -0.625. The molecule has 0 amide bonds. The van der Waals surface area contributed by atoms with E-state index in [0.29, 0.717) is 7.86 Å². The van der Waals surface area contributed by atoms with Crippen LogP contribution in [0, 0.1) is 0 Å². The Labute approximate surface area is 98.4 Å². The molecule has 6 heteroatoms. The summed E-state index contributed by atoms with van der Waals surface area (Å²) in [6.45, 7) is 1.65. The molecule has 0 aliphatic rings. The van der Waals surface area contributed by atoms with Gasteiger partial charge in [-0.1, -0.05) is 0 Å². The van der Waals surface area contributed by atoms with E-state index in [1.165, 1.54) is 0 Å². The van der Waals surface area contributed by atoms with Crippen LogP contribution in [-0.2, 0) is 46.7 Å². The molecule has 0 saturated carbocycles. The zero-order valence-corrected chi connectivity index (χ0v) is 19.1. The van der Waals surface area contributed by atoms with E-state index in [1.54, 1.807) is 6.92 Å². The minimum atomic E-state index is -1.35. The van der Waals surface area contributed by atoms with Crippen LogP contribution in [0.3, 0.4) is 0 Å². The minimum absolute atomic E-state index is 0.625. The Morgan fingerprint density at radius 1 is 1.45 bits per heavy atom. The molecule has 0 aromatic carbocycles. The normalized spacial score (nSPS) is 17.9. The second-order valence-corrected chi connectivity index (χ2v) is 16.5. The van der Waals surface area contributed by atoms with E-state index in [2.05, 4.69) is 0 Å². The van der Waals surface area contributed by atoms with Crippen molar-refractivity contribution in [2.24, 2.45) is 0 Å². The summed E-state index contributed by atoms with van der Waals surface area (Å²) < 4.78 is 1.29. The summed E-state index contributed by atoms with van der Waals surface area (Å²) in [7, 11) is 11.3. The van der Waals surface area contributed by atoms with Gasteiger partial charge in [0.2, 0.25) is 0 Å². The van der Waals surface area contributed by atoms with E-state index < -0.39 is 58.4 Å². The van der Waals surface area contributed by atoms with Gasteiger partial charge in [0.25, 0.3) is 0 Å². The van der Waals surface area contributed by atoms with Gasteiger partial charge in [-0.25, -0.2) is 0 Å². The molecule has 0 aromatic heterocycles. The second kappa shape index (κ2) is 6.77. The average Bonchev–Trinajstić information content (AvgIpc) is 1.88. The zero-order valence-electron chi connectivity index (χ0n) is 6.56. The van der Waals surface area contributed by atoms with Crippen LogP contribution in [0.1, 0.15) is 6.92 Å². The Kier molecular flexibility index (Phi) is 8.23. The molecule has 0 spiro atoms. The van der Waals surface area contributed by atoms with Crippen LogP contribution in [0.4, 0.5) is 0 Å². The first-order chi connectivity index (χ1) is 5.04. The number of aliphatic hydroxyl groups excluding tert-OH is 1. The van der Waals surface area contributed by atoms with Gasteiger partial charge in [0.15, 0.2) is 0 Å². The van der Waals surface area contributed by atoms with Gasteiger partial charge in [0.1, 0.15) is 0 Å². The fourth-order valence-corrected chi connectivity index (χ4v) is 11.9. The number of rotatable bonds is 5.